The first-order valence-corrected chi connectivity index (χ1v) is 6.46. The third kappa shape index (κ3) is 4.30. The molecule has 1 aromatic heterocycles. The van der Waals surface area contributed by atoms with Crippen molar-refractivity contribution in [3.63, 3.8) is 0 Å². The Morgan fingerprint density at radius 3 is 2.94 bits per heavy atom. The summed E-state index contributed by atoms with van der Waals surface area (Å²) in [6.45, 7) is 5.07. The molecule has 1 saturated carbocycles. The van der Waals surface area contributed by atoms with Crippen LogP contribution in [0.1, 0.15) is 44.6 Å². The number of hydrogen-bond donors (Lipinski definition) is 2. The maximum atomic E-state index is 11.5. The van der Waals surface area contributed by atoms with E-state index in [1.54, 1.807) is 6.07 Å². The van der Waals surface area contributed by atoms with Gasteiger partial charge >= 0.3 is 0 Å². The van der Waals surface area contributed by atoms with Crippen LogP contribution < -0.4 is 10.9 Å². The molecule has 4 heteroatoms. The van der Waals surface area contributed by atoms with E-state index >= 15 is 0 Å². The highest BCUT2D eigenvalue weighted by molar-refractivity contribution is 5.03. The van der Waals surface area contributed by atoms with E-state index in [0.717, 1.165) is 24.4 Å². The van der Waals surface area contributed by atoms with E-state index in [0.29, 0.717) is 18.5 Å². The van der Waals surface area contributed by atoms with Gasteiger partial charge in [0.25, 0.3) is 5.56 Å². The lowest BCUT2D eigenvalue weighted by Gasteiger charge is -2.06. The van der Waals surface area contributed by atoms with Crippen LogP contribution in [0.15, 0.2) is 10.9 Å². The fourth-order valence-corrected chi connectivity index (χ4v) is 1.73. The third-order valence-electron chi connectivity index (χ3n) is 2.95. The standard InChI is InChI=1S/C13H21N3O/c1-9(2)3-6-12-15-11(7-13(17)16-12)8-14-10-4-5-10/h7,9-10,14H,3-6,8H2,1-2H3,(H,15,16,17). The first kappa shape index (κ1) is 12.3. The molecule has 94 valence electrons. The molecule has 0 atom stereocenters. The van der Waals surface area contributed by atoms with E-state index in [2.05, 4.69) is 29.1 Å². The Bertz CT molecular complexity index is 394. The summed E-state index contributed by atoms with van der Waals surface area (Å²) in [6.07, 6.45) is 4.42. The molecule has 1 aliphatic rings. The third-order valence-corrected chi connectivity index (χ3v) is 2.95. The quantitative estimate of drug-likeness (QED) is 0.787. The lowest BCUT2D eigenvalue weighted by atomic mass is 10.1. The predicted octanol–water partition coefficient (Wildman–Crippen LogP) is 1.61. The van der Waals surface area contributed by atoms with Crippen LogP contribution in [-0.4, -0.2) is 16.0 Å². The average Bonchev–Trinajstić information content (AvgIpc) is 3.07. The summed E-state index contributed by atoms with van der Waals surface area (Å²) in [5.74, 6) is 1.45. The Morgan fingerprint density at radius 1 is 1.53 bits per heavy atom. The van der Waals surface area contributed by atoms with Crippen molar-refractivity contribution in [2.75, 3.05) is 0 Å². The zero-order chi connectivity index (χ0) is 12.3. The fourth-order valence-electron chi connectivity index (χ4n) is 1.73. The minimum Gasteiger partial charge on any atom is -0.311 e. The number of aromatic nitrogens is 2. The maximum absolute atomic E-state index is 11.5. The number of nitrogens with zero attached hydrogens (tertiary/aromatic N) is 1. The lowest BCUT2D eigenvalue weighted by Crippen LogP contribution is -2.20. The van der Waals surface area contributed by atoms with Crippen molar-refractivity contribution in [2.45, 2.75) is 52.1 Å². The summed E-state index contributed by atoms with van der Waals surface area (Å²) in [6, 6.07) is 2.24. The lowest BCUT2D eigenvalue weighted by molar-refractivity contribution is 0.570. The summed E-state index contributed by atoms with van der Waals surface area (Å²) in [5.41, 5.74) is 0.825. The molecule has 0 spiro atoms. The van der Waals surface area contributed by atoms with Crippen molar-refractivity contribution in [1.29, 1.82) is 0 Å². The summed E-state index contributed by atoms with van der Waals surface area (Å²) in [5, 5.41) is 3.38. The molecule has 2 rings (SSSR count). The molecule has 0 aliphatic heterocycles. The predicted molar refractivity (Wildman–Crippen MR) is 67.9 cm³/mol. The molecular formula is C13H21N3O. The number of nitrogens with one attached hydrogen (secondary N) is 2. The second kappa shape index (κ2) is 5.45. The van der Waals surface area contributed by atoms with E-state index < -0.39 is 0 Å². The van der Waals surface area contributed by atoms with Gasteiger partial charge in [0, 0.05) is 25.1 Å². The minimum atomic E-state index is -0.0358. The molecular weight excluding hydrogens is 214 g/mol. The first-order chi connectivity index (χ1) is 8.13. The van der Waals surface area contributed by atoms with Crippen LogP contribution in [0, 0.1) is 5.92 Å². The molecule has 1 aliphatic carbocycles. The van der Waals surface area contributed by atoms with Gasteiger partial charge in [-0.2, -0.15) is 0 Å². The van der Waals surface area contributed by atoms with Crippen molar-refractivity contribution in [1.82, 2.24) is 15.3 Å². The first-order valence-electron chi connectivity index (χ1n) is 6.46. The fraction of sp³-hybridized carbons (Fsp3) is 0.692. The number of hydrogen-bond acceptors (Lipinski definition) is 3. The molecule has 1 heterocycles. The number of rotatable bonds is 6. The van der Waals surface area contributed by atoms with Crippen molar-refractivity contribution >= 4 is 0 Å². The van der Waals surface area contributed by atoms with E-state index in [1.807, 2.05) is 0 Å². The molecule has 0 bridgehead atoms. The Kier molecular flexibility index (Phi) is 3.94. The second-order valence-electron chi connectivity index (χ2n) is 5.27. The Morgan fingerprint density at radius 2 is 2.29 bits per heavy atom. The van der Waals surface area contributed by atoms with Crippen molar-refractivity contribution in [3.05, 3.63) is 27.9 Å². The van der Waals surface area contributed by atoms with Crippen molar-refractivity contribution < 1.29 is 0 Å². The zero-order valence-electron chi connectivity index (χ0n) is 10.6. The molecule has 0 unspecified atom stereocenters. The molecule has 4 nitrogen and oxygen atoms in total. The largest absolute Gasteiger partial charge is 0.311 e. The number of aromatic amines is 1. The van der Waals surface area contributed by atoms with Gasteiger partial charge in [0.05, 0.1) is 5.69 Å². The van der Waals surface area contributed by atoms with Crippen LogP contribution in [0.3, 0.4) is 0 Å². The van der Waals surface area contributed by atoms with Crippen molar-refractivity contribution in [3.8, 4) is 0 Å². The van der Waals surface area contributed by atoms with E-state index in [1.165, 1.54) is 12.8 Å². The van der Waals surface area contributed by atoms with Crippen LogP contribution in [0.25, 0.3) is 0 Å². The van der Waals surface area contributed by atoms with Gasteiger partial charge in [-0.25, -0.2) is 4.98 Å². The second-order valence-corrected chi connectivity index (χ2v) is 5.27. The SMILES string of the molecule is CC(C)CCc1nc(CNC2CC2)cc(=O)[nH]1. The molecule has 0 aromatic carbocycles. The molecule has 0 saturated heterocycles. The summed E-state index contributed by atoms with van der Waals surface area (Å²) >= 11 is 0. The van der Waals surface area contributed by atoms with Crippen LogP contribution in [-0.2, 0) is 13.0 Å². The summed E-state index contributed by atoms with van der Waals surface area (Å²) in [4.78, 5) is 18.8. The molecule has 17 heavy (non-hydrogen) atoms. The molecule has 0 amide bonds. The Hall–Kier alpha value is -1.16. The van der Waals surface area contributed by atoms with Gasteiger partial charge in [0.1, 0.15) is 5.82 Å². The minimum absolute atomic E-state index is 0.0358. The maximum Gasteiger partial charge on any atom is 0.251 e. The monoisotopic (exact) mass is 235 g/mol. The van der Waals surface area contributed by atoms with Crippen LogP contribution in [0.4, 0.5) is 0 Å². The Balaban J connectivity index is 1.97. The van der Waals surface area contributed by atoms with Gasteiger partial charge in [-0.3, -0.25) is 4.79 Å². The summed E-state index contributed by atoms with van der Waals surface area (Å²) < 4.78 is 0. The number of aryl methyl sites for hydroxylation is 1. The molecule has 1 fully saturated rings. The van der Waals surface area contributed by atoms with E-state index in [9.17, 15) is 4.79 Å². The molecule has 0 radical (unpaired) electrons. The molecule has 2 N–H and O–H groups in total. The zero-order valence-corrected chi connectivity index (χ0v) is 10.6. The van der Waals surface area contributed by atoms with Gasteiger partial charge < -0.3 is 10.3 Å². The van der Waals surface area contributed by atoms with Crippen molar-refractivity contribution in [2.24, 2.45) is 5.92 Å². The van der Waals surface area contributed by atoms with E-state index in [-0.39, 0.29) is 5.56 Å². The Labute approximate surface area is 102 Å². The smallest absolute Gasteiger partial charge is 0.251 e. The van der Waals surface area contributed by atoms with Gasteiger partial charge in [0.15, 0.2) is 0 Å². The summed E-state index contributed by atoms with van der Waals surface area (Å²) in [7, 11) is 0. The molecule has 1 aromatic rings. The van der Waals surface area contributed by atoms with Gasteiger partial charge in [-0.15, -0.1) is 0 Å². The van der Waals surface area contributed by atoms with Crippen LogP contribution in [0.2, 0.25) is 0 Å². The highest BCUT2D eigenvalue weighted by Crippen LogP contribution is 2.18. The van der Waals surface area contributed by atoms with Gasteiger partial charge in [-0.1, -0.05) is 13.8 Å². The normalized spacial score (nSPS) is 15.5. The highest BCUT2D eigenvalue weighted by Gasteiger charge is 2.20. The highest BCUT2D eigenvalue weighted by atomic mass is 16.1. The topological polar surface area (TPSA) is 57.8 Å². The average molecular weight is 235 g/mol. The van der Waals surface area contributed by atoms with Crippen LogP contribution >= 0.6 is 0 Å². The van der Waals surface area contributed by atoms with Gasteiger partial charge in [-0.05, 0) is 25.2 Å². The number of H-pyrrole nitrogens is 1. The van der Waals surface area contributed by atoms with Gasteiger partial charge in [0.2, 0.25) is 0 Å². The van der Waals surface area contributed by atoms with E-state index in [4.69, 9.17) is 0 Å². The van der Waals surface area contributed by atoms with Crippen LogP contribution in [0.5, 0.6) is 0 Å².